The molecule has 1 aliphatic rings. The molecule has 10 heteroatoms. The quantitative estimate of drug-likeness (QED) is 0.244. The molecule has 0 aromatic heterocycles. The Labute approximate surface area is 204 Å². The molecule has 1 saturated heterocycles. The fraction of sp³-hybridized carbons (Fsp3) is 0.857. The lowest BCUT2D eigenvalue weighted by molar-refractivity contribution is -0.127. The smallest absolute Gasteiger partial charge is 0.409 e. The highest BCUT2D eigenvalue weighted by molar-refractivity contribution is 14.0. The number of halogens is 1. The highest BCUT2D eigenvalue weighted by Gasteiger charge is 2.24. The largest absolute Gasteiger partial charge is 0.450 e. The van der Waals surface area contributed by atoms with Gasteiger partial charge in [0, 0.05) is 46.4 Å². The average molecular weight is 556 g/mol. The van der Waals surface area contributed by atoms with E-state index in [9.17, 15) is 9.59 Å². The summed E-state index contributed by atoms with van der Waals surface area (Å²) in [6, 6.07) is 0.184. The number of likely N-dealkylation sites (tertiary alicyclic amines) is 1. The van der Waals surface area contributed by atoms with Gasteiger partial charge in [-0.25, -0.2) is 9.79 Å². The minimum absolute atomic E-state index is 0. The van der Waals surface area contributed by atoms with Crippen LogP contribution < -0.4 is 10.6 Å². The molecule has 182 valence electrons. The first-order chi connectivity index (χ1) is 14.3. The van der Waals surface area contributed by atoms with Gasteiger partial charge in [0.05, 0.1) is 12.7 Å². The van der Waals surface area contributed by atoms with Gasteiger partial charge in [-0.3, -0.25) is 4.79 Å². The Bertz CT molecular complexity index is 552. The number of amides is 2. The fourth-order valence-corrected chi connectivity index (χ4v) is 3.21. The molecule has 1 unspecified atom stereocenters. The van der Waals surface area contributed by atoms with Crippen LogP contribution in [0.15, 0.2) is 4.99 Å². The van der Waals surface area contributed by atoms with E-state index in [1.807, 2.05) is 13.8 Å². The molecule has 1 atom stereocenters. The van der Waals surface area contributed by atoms with Crippen LogP contribution >= 0.6 is 24.0 Å². The molecule has 2 N–H and O–H groups in total. The number of hydrogen-bond acceptors (Lipinski definition) is 5. The van der Waals surface area contributed by atoms with Crippen molar-refractivity contribution in [2.75, 3.05) is 53.5 Å². The summed E-state index contributed by atoms with van der Waals surface area (Å²) in [5.74, 6) is 1.00. The first-order valence-electron chi connectivity index (χ1n) is 11.1. The predicted octanol–water partition coefficient (Wildman–Crippen LogP) is 2.30. The van der Waals surface area contributed by atoms with E-state index in [1.54, 1.807) is 19.0 Å². The highest BCUT2D eigenvalue weighted by Crippen LogP contribution is 2.12. The van der Waals surface area contributed by atoms with Crippen LogP contribution in [0, 0.1) is 5.92 Å². The Morgan fingerprint density at radius 3 is 2.32 bits per heavy atom. The zero-order valence-electron chi connectivity index (χ0n) is 20.0. The van der Waals surface area contributed by atoms with Gasteiger partial charge in [0.1, 0.15) is 6.54 Å². The molecule has 0 aromatic carbocycles. The maximum atomic E-state index is 12.0. The second kappa shape index (κ2) is 16.3. The molecule has 0 radical (unpaired) electrons. The molecule has 2 amide bonds. The maximum Gasteiger partial charge on any atom is 0.409 e. The van der Waals surface area contributed by atoms with Gasteiger partial charge in [0.2, 0.25) is 5.91 Å². The van der Waals surface area contributed by atoms with Crippen LogP contribution in [-0.2, 0) is 14.3 Å². The van der Waals surface area contributed by atoms with Crippen LogP contribution in [0.3, 0.4) is 0 Å². The van der Waals surface area contributed by atoms with Gasteiger partial charge < -0.3 is 29.9 Å². The second-order valence-corrected chi connectivity index (χ2v) is 8.01. The standard InChI is InChI=1S/C21H41N5O4.HI/c1-7-29-18(16(3)4)9-12-22-20(23-15-19(27)25(5)6)24-17-10-13-26(14-11-17)21(28)30-8-2;/h16-18H,7-15H2,1-6H3,(H2,22,23,24);1H. The number of guanidine groups is 1. The van der Waals surface area contributed by atoms with E-state index in [4.69, 9.17) is 9.47 Å². The van der Waals surface area contributed by atoms with E-state index < -0.39 is 0 Å². The lowest BCUT2D eigenvalue weighted by atomic mass is 10.0. The van der Waals surface area contributed by atoms with Gasteiger partial charge in [-0.2, -0.15) is 0 Å². The number of hydrogen-bond donors (Lipinski definition) is 2. The number of nitrogens with one attached hydrogen (secondary N) is 2. The Balaban J connectivity index is 0.00000900. The summed E-state index contributed by atoms with van der Waals surface area (Å²) in [4.78, 5) is 31.6. The number of carbonyl (C=O) groups is 2. The average Bonchev–Trinajstić information content (AvgIpc) is 2.71. The van der Waals surface area contributed by atoms with Crippen LogP contribution in [0.2, 0.25) is 0 Å². The van der Waals surface area contributed by atoms with E-state index in [0.29, 0.717) is 44.7 Å². The molecule has 1 fully saturated rings. The molecule has 31 heavy (non-hydrogen) atoms. The number of likely N-dealkylation sites (N-methyl/N-ethyl adjacent to an activating group) is 1. The molecule has 0 saturated carbocycles. The van der Waals surface area contributed by atoms with Crippen molar-refractivity contribution >= 4 is 41.9 Å². The second-order valence-electron chi connectivity index (χ2n) is 8.01. The number of ether oxygens (including phenoxy) is 2. The highest BCUT2D eigenvalue weighted by atomic mass is 127. The minimum atomic E-state index is -0.254. The molecular formula is C21H42IN5O4. The SMILES string of the molecule is CCOC(=O)N1CCC(NC(=NCC(=O)N(C)C)NCCC(OCC)C(C)C)CC1.I. The summed E-state index contributed by atoms with van der Waals surface area (Å²) in [5, 5.41) is 6.77. The maximum absolute atomic E-state index is 12.0. The van der Waals surface area contributed by atoms with Gasteiger partial charge >= 0.3 is 6.09 Å². The molecule has 0 bridgehead atoms. The third kappa shape index (κ3) is 11.8. The van der Waals surface area contributed by atoms with Gasteiger partial charge in [-0.15, -0.1) is 24.0 Å². The summed E-state index contributed by atoms with van der Waals surface area (Å²) in [6.07, 6.45) is 2.38. The first-order valence-corrected chi connectivity index (χ1v) is 11.1. The summed E-state index contributed by atoms with van der Waals surface area (Å²) in [5.41, 5.74) is 0. The summed E-state index contributed by atoms with van der Waals surface area (Å²) in [6.45, 7) is 11.3. The van der Waals surface area contributed by atoms with Gasteiger partial charge in [-0.05, 0) is 39.0 Å². The van der Waals surface area contributed by atoms with E-state index in [2.05, 4.69) is 29.5 Å². The van der Waals surface area contributed by atoms with Crippen LogP contribution in [0.25, 0.3) is 0 Å². The third-order valence-corrected chi connectivity index (χ3v) is 5.08. The predicted molar refractivity (Wildman–Crippen MR) is 134 cm³/mol. The molecule has 9 nitrogen and oxygen atoms in total. The summed E-state index contributed by atoms with van der Waals surface area (Å²) < 4.78 is 10.9. The van der Waals surface area contributed by atoms with Crippen LogP contribution in [0.4, 0.5) is 4.79 Å². The topological polar surface area (TPSA) is 95.5 Å². The molecule has 1 aliphatic heterocycles. The molecule has 0 aliphatic carbocycles. The molecular weight excluding hydrogens is 513 g/mol. The first kappa shape index (κ1) is 29.7. The van der Waals surface area contributed by atoms with Crippen molar-refractivity contribution in [1.29, 1.82) is 0 Å². The number of carbonyl (C=O) groups excluding carboxylic acids is 2. The molecule has 0 spiro atoms. The van der Waals surface area contributed by atoms with Crippen molar-refractivity contribution in [3.05, 3.63) is 0 Å². The Morgan fingerprint density at radius 2 is 1.81 bits per heavy atom. The van der Waals surface area contributed by atoms with Crippen molar-refractivity contribution in [2.45, 2.75) is 59.1 Å². The van der Waals surface area contributed by atoms with E-state index in [-0.39, 0.29) is 54.7 Å². The molecule has 1 rings (SSSR count). The Morgan fingerprint density at radius 1 is 1.16 bits per heavy atom. The van der Waals surface area contributed by atoms with Gasteiger partial charge in [-0.1, -0.05) is 13.8 Å². The van der Waals surface area contributed by atoms with E-state index in [0.717, 1.165) is 19.3 Å². The Kier molecular flexibility index (Phi) is 15.7. The zero-order valence-corrected chi connectivity index (χ0v) is 22.3. The van der Waals surface area contributed by atoms with Gasteiger partial charge in [0.15, 0.2) is 5.96 Å². The summed E-state index contributed by atoms with van der Waals surface area (Å²) in [7, 11) is 3.44. The lowest BCUT2D eigenvalue weighted by Gasteiger charge is -2.32. The van der Waals surface area contributed by atoms with Crippen molar-refractivity contribution in [1.82, 2.24) is 20.4 Å². The normalized spacial score (nSPS) is 15.8. The van der Waals surface area contributed by atoms with Gasteiger partial charge in [0.25, 0.3) is 0 Å². The number of nitrogens with zero attached hydrogens (tertiary/aromatic N) is 3. The minimum Gasteiger partial charge on any atom is -0.450 e. The zero-order chi connectivity index (χ0) is 22.5. The van der Waals surface area contributed by atoms with Crippen LogP contribution in [0.1, 0.15) is 47.0 Å². The van der Waals surface area contributed by atoms with Crippen molar-refractivity contribution < 1.29 is 19.1 Å². The molecule has 0 aromatic rings. The lowest BCUT2D eigenvalue weighted by Crippen LogP contribution is -2.50. The van der Waals surface area contributed by atoms with Crippen LogP contribution in [0.5, 0.6) is 0 Å². The third-order valence-electron chi connectivity index (χ3n) is 5.08. The molecule has 1 heterocycles. The fourth-order valence-electron chi connectivity index (χ4n) is 3.21. The Hall–Kier alpha value is -1.30. The number of piperidine rings is 1. The number of rotatable bonds is 10. The van der Waals surface area contributed by atoms with Crippen molar-refractivity contribution in [3.8, 4) is 0 Å². The van der Waals surface area contributed by atoms with E-state index in [1.165, 1.54) is 4.90 Å². The summed E-state index contributed by atoms with van der Waals surface area (Å²) >= 11 is 0. The van der Waals surface area contributed by atoms with Crippen molar-refractivity contribution in [2.24, 2.45) is 10.9 Å². The van der Waals surface area contributed by atoms with Crippen LogP contribution in [-0.4, -0.2) is 93.4 Å². The number of aliphatic imine (C=N–C) groups is 1. The monoisotopic (exact) mass is 555 g/mol. The van der Waals surface area contributed by atoms with E-state index >= 15 is 0 Å². The van der Waals surface area contributed by atoms with Crippen molar-refractivity contribution in [3.63, 3.8) is 0 Å².